The summed E-state index contributed by atoms with van der Waals surface area (Å²) in [5, 5.41) is 3.99. The van der Waals surface area contributed by atoms with Crippen molar-refractivity contribution in [1.82, 2.24) is 19.0 Å². The molecule has 0 N–H and O–H groups in total. The summed E-state index contributed by atoms with van der Waals surface area (Å²) in [6, 6.07) is -0.0201. The van der Waals surface area contributed by atoms with Crippen LogP contribution in [-0.4, -0.2) is 72.8 Å². The summed E-state index contributed by atoms with van der Waals surface area (Å²) in [4.78, 5) is 2.62. The van der Waals surface area contributed by atoms with Crippen molar-refractivity contribution in [2.75, 3.05) is 33.3 Å². The molecule has 1 aromatic heterocycles. The number of aryl methyl sites for hydroxylation is 1. The van der Waals surface area contributed by atoms with Crippen molar-refractivity contribution < 1.29 is 13.2 Å². The third-order valence-electron chi connectivity index (χ3n) is 4.61. The molecule has 124 valence electrons. The van der Waals surface area contributed by atoms with E-state index >= 15 is 0 Å². The maximum Gasteiger partial charge on any atom is 0.246 e. The van der Waals surface area contributed by atoms with Gasteiger partial charge in [0, 0.05) is 39.5 Å². The number of rotatable bonds is 5. The van der Waals surface area contributed by atoms with Crippen molar-refractivity contribution in [1.29, 1.82) is 0 Å². The molecule has 0 unspecified atom stereocenters. The van der Waals surface area contributed by atoms with Crippen molar-refractivity contribution in [3.05, 3.63) is 12.4 Å². The van der Waals surface area contributed by atoms with E-state index < -0.39 is 10.0 Å². The van der Waals surface area contributed by atoms with Crippen molar-refractivity contribution in [3.63, 3.8) is 0 Å². The van der Waals surface area contributed by atoms with Crippen LogP contribution in [0.3, 0.4) is 0 Å². The second-order valence-corrected chi connectivity index (χ2v) is 8.07. The molecule has 0 spiro atoms. The lowest BCUT2D eigenvalue weighted by molar-refractivity contribution is 0.113. The van der Waals surface area contributed by atoms with Crippen molar-refractivity contribution in [2.45, 2.75) is 36.3 Å². The predicted molar refractivity (Wildman–Crippen MR) is 82.0 cm³/mol. The van der Waals surface area contributed by atoms with Gasteiger partial charge in [-0.2, -0.15) is 9.40 Å². The Morgan fingerprint density at radius 3 is 2.68 bits per heavy atom. The van der Waals surface area contributed by atoms with E-state index in [1.165, 1.54) is 23.7 Å². The average molecular weight is 328 g/mol. The number of hydrogen-bond donors (Lipinski definition) is 0. The van der Waals surface area contributed by atoms with Gasteiger partial charge in [0.25, 0.3) is 0 Å². The molecule has 0 aliphatic carbocycles. The van der Waals surface area contributed by atoms with Crippen LogP contribution in [0.4, 0.5) is 0 Å². The van der Waals surface area contributed by atoms with Gasteiger partial charge >= 0.3 is 0 Å². The second kappa shape index (κ2) is 6.27. The molecule has 2 atom stereocenters. The zero-order chi connectivity index (χ0) is 15.7. The number of ether oxygens (including phenoxy) is 1. The van der Waals surface area contributed by atoms with Gasteiger partial charge in [0.05, 0.1) is 12.3 Å². The van der Waals surface area contributed by atoms with Crippen molar-refractivity contribution >= 4 is 10.0 Å². The molecule has 0 bridgehead atoms. The Hall–Kier alpha value is -0.960. The summed E-state index contributed by atoms with van der Waals surface area (Å²) in [6.45, 7) is 3.34. The highest BCUT2D eigenvalue weighted by Crippen LogP contribution is 2.28. The molecule has 0 amide bonds. The van der Waals surface area contributed by atoms with Gasteiger partial charge < -0.3 is 9.64 Å². The molecular weight excluding hydrogens is 304 g/mol. The molecule has 7 nitrogen and oxygen atoms in total. The summed E-state index contributed by atoms with van der Waals surface area (Å²) in [5.74, 6) is 0. The lowest BCUT2D eigenvalue weighted by Gasteiger charge is -2.27. The van der Waals surface area contributed by atoms with Crippen LogP contribution in [0.2, 0.25) is 0 Å². The molecule has 0 saturated carbocycles. The molecule has 2 aliphatic rings. The van der Waals surface area contributed by atoms with E-state index in [-0.39, 0.29) is 17.0 Å². The summed E-state index contributed by atoms with van der Waals surface area (Å²) < 4.78 is 34.3. The number of nitrogens with zero attached hydrogens (tertiary/aromatic N) is 4. The molecule has 2 saturated heterocycles. The van der Waals surface area contributed by atoms with Crippen LogP contribution in [0.25, 0.3) is 0 Å². The normalized spacial score (nSPS) is 27.7. The molecule has 0 radical (unpaired) electrons. The fourth-order valence-electron chi connectivity index (χ4n) is 3.41. The van der Waals surface area contributed by atoms with Gasteiger partial charge in [-0.1, -0.05) is 0 Å². The van der Waals surface area contributed by atoms with Crippen LogP contribution in [0.15, 0.2) is 17.3 Å². The van der Waals surface area contributed by atoms with Gasteiger partial charge in [-0.25, -0.2) is 8.42 Å². The van der Waals surface area contributed by atoms with E-state index in [2.05, 4.69) is 10.00 Å². The molecule has 3 rings (SSSR count). The Balaban J connectivity index is 1.81. The summed E-state index contributed by atoms with van der Waals surface area (Å²) in [6.07, 6.45) is 6.11. The Bertz CT molecular complexity index is 609. The Morgan fingerprint density at radius 1 is 1.36 bits per heavy atom. The first-order chi connectivity index (χ1) is 10.5. The topological polar surface area (TPSA) is 67.7 Å². The summed E-state index contributed by atoms with van der Waals surface area (Å²) in [7, 11) is -0.133. The average Bonchev–Trinajstić information content (AvgIpc) is 3.19. The molecule has 3 heterocycles. The van der Waals surface area contributed by atoms with Crippen LogP contribution in [-0.2, 0) is 21.8 Å². The number of sulfonamides is 1. The van der Waals surface area contributed by atoms with E-state index in [4.69, 9.17) is 4.74 Å². The monoisotopic (exact) mass is 328 g/mol. The van der Waals surface area contributed by atoms with Crippen molar-refractivity contribution in [3.8, 4) is 0 Å². The second-order valence-electron chi connectivity index (χ2n) is 6.18. The molecule has 8 heteroatoms. The van der Waals surface area contributed by atoms with Gasteiger partial charge in [-0.15, -0.1) is 0 Å². The minimum atomic E-state index is -3.51. The minimum absolute atomic E-state index is 0.0201. The van der Waals surface area contributed by atoms with Gasteiger partial charge in [0.15, 0.2) is 0 Å². The first kappa shape index (κ1) is 15.9. The predicted octanol–water partition coefficient (Wildman–Crippen LogP) is 0.294. The Morgan fingerprint density at radius 2 is 2.09 bits per heavy atom. The fourth-order valence-corrected chi connectivity index (χ4v) is 5.05. The van der Waals surface area contributed by atoms with Crippen molar-refractivity contribution in [2.24, 2.45) is 7.05 Å². The highest BCUT2D eigenvalue weighted by Gasteiger charge is 2.41. The zero-order valence-electron chi connectivity index (χ0n) is 13.2. The summed E-state index contributed by atoms with van der Waals surface area (Å²) in [5.41, 5.74) is 0. The lowest BCUT2D eigenvalue weighted by Crippen LogP contribution is -2.42. The first-order valence-corrected chi connectivity index (χ1v) is 9.20. The first-order valence-electron chi connectivity index (χ1n) is 7.76. The van der Waals surface area contributed by atoms with E-state index in [1.807, 2.05) is 0 Å². The van der Waals surface area contributed by atoms with Crippen LogP contribution in [0, 0.1) is 0 Å². The van der Waals surface area contributed by atoms with Crippen LogP contribution < -0.4 is 0 Å². The zero-order valence-corrected chi connectivity index (χ0v) is 14.0. The van der Waals surface area contributed by atoms with Crippen LogP contribution in [0.5, 0.6) is 0 Å². The maximum absolute atomic E-state index is 12.9. The quantitative estimate of drug-likeness (QED) is 0.777. The number of methoxy groups -OCH3 is 1. The minimum Gasteiger partial charge on any atom is -0.380 e. The van der Waals surface area contributed by atoms with E-state index in [0.717, 1.165) is 26.1 Å². The van der Waals surface area contributed by atoms with Gasteiger partial charge in [-0.3, -0.25) is 4.68 Å². The highest BCUT2D eigenvalue weighted by molar-refractivity contribution is 7.89. The smallest absolute Gasteiger partial charge is 0.246 e. The van der Waals surface area contributed by atoms with E-state index in [1.54, 1.807) is 24.7 Å². The Labute approximate surface area is 131 Å². The lowest BCUT2D eigenvalue weighted by atomic mass is 10.2. The van der Waals surface area contributed by atoms with E-state index in [9.17, 15) is 8.42 Å². The van der Waals surface area contributed by atoms with Gasteiger partial charge in [0.1, 0.15) is 4.90 Å². The van der Waals surface area contributed by atoms with Crippen LogP contribution >= 0.6 is 0 Å². The SMILES string of the molecule is CO[C@H]1C[C@@H](CN2CCCC2)N(S(=O)(=O)c2cnn(C)c2)C1. The number of likely N-dealkylation sites (tertiary alicyclic amines) is 1. The van der Waals surface area contributed by atoms with Gasteiger partial charge in [-0.05, 0) is 32.4 Å². The molecule has 22 heavy (non-hydrogen) atoms. The largest absolute Gasteiger partial charge is 0.380 e. The molecule has 0 aromatic carbocycles. The molecule has 1 aromatic rings. The van der Waals surface area contributed by atoms with Gasteiger partial charge in [0.2, 0.25) is 10.0 Å². The molecular formula is C14H24N4O3S. The summed E-state index contributed by atoms with van der Waals surface area (Å²) >= 11 is 0. The fraction of sp³-hybridized carbons (Fsp3) is 0.786. The molecule has 2 fully saturated rings. The standard InChI is InChI=1S/C14H24N4O3S/c1-16-11-14(8-15-16)22(19,20)18-10-13(21-2)7-12(18)9-17-5-3-4-6-17/h8,11-13H,3-7,9-10H2,1-2H3/t12-,13-/m0/s1. The third-order valence-corrected chi connectivity index (χ3v) is 6.49. The number of hydrogen-bond acceptors (Lipinski definition) is 5. The maximum atomic E-state index is 12.9. The number of aromatic nitrogens is 2. The molecule has 2 aliphatic heterocycles. The van der Waals surface area contributed by atoms with Crippen LogP contribution in [0.1, 0.15) is 19.3 Å². The van der Waals surface area contributed by atoms with E-state index in [0.29, 0.717) is 6.54 Å². The Kier molecular flexibility index (Phi) is 4.54. The third kappa shape index (κ3) is 3.05. The highest BCUT2D eigenvalue weighted by atomic mass is 32.2.